The van der Waals surface area contributed by atoms with Crippen LogP contribution in [0.25, 0.3) is 33.6 Å². The molecule has 3 aromatic heterocycles. The predicted octanol–water partition coefficient (Wildman–Crippen LogP) is 3.05. The zero-order valence-electron chi connectivity index (χ0n) is 19.7. The Morgan fingerprint density at radius 1 is 0.914 bits per heavy atom. The van der Waals surface area contributed by atoms with E-state index in [2.05, 4.69) is 26.2 Å². The summed E-state index contributed by atoms with van der Waals surface area (Å²) in [6.07, 6.45) is 13.1. The molecule has 1 amide bonds. The number of aryl methyl sites for hydroxylation is 1. The van der Waals surface area contributed by atoms with Gasteiger partial charge in [-0.15, -0.1) is 0 Å². The van der Waals surface area contributed by atoms with Gasteiger partial charge in [-0.1, -0.05) is 18.2 Å². The molecule has 2 aliphatic heterocycles. The molecule has 178 valence electrons. The maximum Gasteiger partial charge on any atom is 0.244 e. The quantitative estimate of drug-likeness (QED) is 0.446. The predicted molar refractivity (Wildman–Crippen MR) is 130 cm³/mol. The lowest BCUT2D eigenvalue weighted by molar-refractivity contribution is -0.153. The molecule has 0 aliphatic carbocycles. The van der Waals surface area contributed by atoms with E-state index in [9.17, 15) is 4.79 Å². The van der Waals surface area contributed by atoms with Gasteiger partial charge < -0.3 is 9.64 Å². The Bertz CT molecular complexity index is 1340. The minimum Gasteiger partial charge on any atom is -0.380 e. The molecule has 2 aliphatic rings. The van der Waals surface area contributed by atoms with E-state index in [0.717, 1.165) is 67.0 Å². The number of hydrogen-bond acceptors (Lipinski definition) is 6. The van der Waals surface area contributed by atoms with Crippen molar-refractivity contribution >= 4 is 5.91 Å². The monoisotopic (exact) mass is 469 g/mol. The van der Waals surface area contributed by atoms with Crippen LogP contribution in [0, 0.1) is 5.41 Å². The molecule has 9 heteroatoms. The molecular formula is C26H27N7O2. The Labute approximate surface area is 203 Å². The molecule has 0 radical (unpaired) electrons. The van der Waals surface area contributed by atoms with Crippen molar-refractivity contribution in [3.05, 3.63) is 61.4 Å². The summed E-state index contributed by atoms with van der Waals surface area (Å²) in [6, 6.07) is 8.11. The average molecular weight is 470 g/mol. The van der Waals surface area contributed by atoms with Crippen molar-refractivity contribution in [3.63, 3.8) is 0 Å². The Balaban J connectivity index is 1.11. The van der Waals surface area contributed by atoms with E-state index in [1.54, 1.807) is 28.0 Å². The van der Waals surface area contributed by atoms with E-state index in [4.69, 9.17) is 4.74 Å². The van der Waals surface area contributed by atoms with Crippen LogP contribution in [0.15, 0.2) is 61.4 Å². The van der Waals surface area contributed by atoms with Gasteiger partial charge in [-0.3, -0.25) is 14.2 Å². The first-order valence-corrected chi connectivity index (χ1v) is 11.9. The normalized spacial score (nSPS) is 16.9. The maximum atomic E-state index is 12.8. The molecule has 6 rings (SSSR count). The molecule has 0 N–H and O–H groups in total. The summed E-state index contributed by atoms with van der Waals surface area (Å²) in [5.41, 5.74) is 5.13. The number of nitrogens with zero attached hydrogens (tertiary/aromatic N) is 7. The summed E-state index contributed by atoms with van der Waals surface area (Å²) in [7, 11) is 1.90. The lowest BCUT2D eigenvalue weighted by atomic mass is 9.77. The molecule has 35 heavy (non-hydrogen) atoms. The lowest BCUT2D eigenvalue weighted by Gasteiger charge is -2.47. The van der Waals surface area contributed by atoms with Crippen LogP contribution in [0.5, 0.6) is 0 Å². The Hall–Kier alpha value is -3.85. The summed E-state index contributed by atoms with van der Waals surface area (Å²) in [4.78, 5) is 23.9. The molecule has 1 aromatic carbocycles. The van der Waals surface area contributed by atoms with E-state index >= 15 is 0 Å². The SMILES string of the molecule is Cn1cc(-c2cccc(-c3ncc(-c4cnn(CC(=O)N5CCC6(CC5)COC6)c4)cn3)c2)cn1. The molecular weight excluding hydrogens is 442 g/mol. The third-order valence-electron chi connectivity index (χ3n) is 7.07. The number of amides is 1. The number of benzene rings is 1. The summed E-state index contributed by atoms with van der Waals surface area (Å²) in [5.74, 6) is 0.761. The minimum atomic E-state index is 0.106. The maximum absolute atomic E-state index is 12.8. The molecule has 2 saturated heterocycles. The smallest absolute Gasteiger partial charge is 0.244 e. The van der Waals surface area contributed by atoms with Gasteiger partial charge >= 0.3 is 0 Å². The van der Waals surface area contributed by atoms with Gasteiger partial charge in [-0.05, 0) is 24.5 Å². The number of likely N-dealkylation sites (tertiary alicyclic amines) is 1. The van der Waals surface area contributed by atoms with Crippen molar-refractivity contribution in [3.8, 4) is 33.6 Å². The molecule has 0 bridgehead atoms. The average Bonchev–Trinajstić information content (AvgIpc) is 3.52. The number of rotatable bonds is 5. The van der Waals surface area contributed by atoms with Crippen LogP contribution in [0.1, 0.15) is 12.8 Å². The second-order valence-electron chi connectivity index (χ2n) is 9.58. The molecule has 2 fully saturated rings. The van der Waals surface area contributed by atoms with Gasteiger partial charge in [0.15, 0.2) is 5.82 Å². The highest BCUT2D eigenvalue weighted by atomic mass is 16.5. The number of carbonyl (C=O) groups is 1. The van der Waals surface area contributed by atoms with Crippen molar-refractivity contribution < 1.29 is 9.53 Å². The van der Waals surface area contributed by atoms with E-state index < -0.39 is 0 Å². The highest BCUT2D eigenvalue weighted by Crippen LogP contribution is 2.38. The van der Waals surface area contributed by atoms with Gasteiger partial charge in [0.05, 0.1) is 25.6 Å². The van der Waals surface area contributed by atoms with Crippen LogP contribution in [-0.2, 0) is 23.1 Å². The Morgan fingerprint density at radius 3 is 2.31 bits per heavy atom. The number of carbonyl (C=O) groups excluding carboxylic acids is 1. The summed E-state index contributed by atoms with van der Waals surface area (Å²) in [5, 5.41) is 8.64. The third-order valence-corrected chi connectivity index (χ3v) is 7.07. The van der Waals surface area contributed by atoms with Crippen molar-refractivity contribution in [2.45, 2.75) is 19.4 Å². The van der Waals surface area contributed by atoms with Gasteiger partial charge in [0.25, 0.3) is 0 Å². The van der Waals surface area contributed by atoms with Crippen LogP contribution < -0.4 is 0 Å². The molecule has 9 nitrogen and oxygen atoms in total. The van der Waals surface area contributed by atoms with Crippen LogP contribution in [0.4, 0.5) is 0 Å². The van der Waals surface area contributed by atoms with E-state index in [-0.39, 0.29) is 12.5 Å². The first-order valence-electron chi connectivity index (χ1n) is 11.9. The van der Waals surface area contributed by atoms with Crippen LogP contribution >= 0.6 is 0 Å². The van der Waals surface area contributed by atoms with Crippen molar-refractivity contribution in [2.24, 2.45) is 12.5 Å². The fraction of sp³-hybridized carbons (Fsp3) is 0.346. The second-order valence-corrected chi connectivity index (χ2v) is 9.58. The van der Waals surface area contributed by atoms with Gasteiger partial charge in [-0.25, -0.2) is 9.97 Å². The summed E-state index contributed by atoms with van der Waals surface area (Å²) in [6.45, 7) is 3.52. The van der Waals surface area contributed by atoms with E-state index in [1.165, 1.54) is 0 Å². The zero-order valence-corrected chi connectivity index (χ0v) is 19.7. The lowest BCUT2D eigenvalue weighted by Crippen LogP contribution is -2.52. The molecule has 0 unspecified atom stereocenters. The van der Waals surface area contributed by atoms with Gasteiger partial charge in [0.2, 0.25) is 5.91 Å². The van der Waals surface area contributed by atoms with Gasteiger partial charge in [-0.2, -0.15) is 10.2 Å². The topological polar surface area (TPSA) is 91.0 Å². The van der Waals surface area contributed by atoms with Crippen molar-refractivity contribution in [1.82, 2.24) is 34.4 Å². The fourth-order valence-corrected chi connectivity index (χ4v) is 4.78. The van der Waals surface area contributed by atoms with Crippen LogP contribution in [0.2, 0.25) is 0 Å². The largest absolute Gasteiger partial charge is 0.380 e. The molecule has 5 heterocycles. The fourth-order valence-electron chi connectivity index (χ4n) is 4.78. The first-order chi connectivity index (χ1) is 17.1. The summed E-state index contributed by atoms with van der Waals surface area (Å²) < 4.78 is 8.86. The van der Waals surface area contributed by atoms with E-state index in [1.807, 2.05) is 48.7 Å². The Kier molecular flexibility index (Phi) is 5.41. The molecule has 0 atom stereocenters. The number of ether oxygens (including phenoxy) is 1. The van der Waals surface area contributed by atoms with E-state index in [0.29, 0.717) is 11.2 Å². The van der Waals surface area contributed by atoms with Gasteiger partial charge in [0, 0.05) is 72.6 Å². The second kappa shape index (κ2) is 8.74. The Morgan fingerprint density at radius 2 is 1.63 bits per heavy atom. The first kappa shape index (κ1) is 21.7. The highest BCUT2D eigenvalue weighted by molar-refractivity contribution is 5.76. The van der Waals surface area contributed by atoms with Crippen molar-refractivity contribution in [1.29, 1.82) is 0 Å². The standard InChI is InChI=1S/C26H27N7O2/c1-31-14-22(12-29-31)19-3-2-4-20(9-19)25-27-10-21(11-28-25)23-13-30-33(15-23)16-24(34)32-7-5-26(6-8-32)17-35-18-26/h2-4,9-15H,5-8,16-18H2,1H3. The zero-order chi connectivity index (χ0) is 23.8. The highest BCUT2D eigenvalue weighted by Gasteiger charge is 2.41. The number of hydrogen-bond donors (Lipinski definition) is 0. The van der Waals surface area contributed by atoms with Crippen molar-refractivity contribution in [2.75, 3.05) is 26.3 Å². The van der Waals surface area contributed by atoms with Gasteiger partial charge in [0.1, 0.15) is 6.54 Å². The molecule has 1 spiro atoms. The van der Waals surface area contributed by atoms with Crippen LogP contribution in [-0.4, -0.2) is 66.6 Å². The molecule has 4 aromatic rings. The minimum absolute atomic E-state index is 0.106. The number of piperidine rings is 1. The third kappa shape index (κ3) is 4.35. The summed E-state index contributed by atoms with van der Waals surface area (Å²) >= 11 is 0. The molecule has 0 saturated carbocycles. The van der Waals surface area contributed by atoms with Crippen LogP contribution in [0.3, 0.4) is 0 Å². The number of aromatic nitrogens is 6.